The molecule has 11 heavy (non-hydrogen) atoms. The molecule has 0 radical (unpaired) electrons. The van der Waals surface area contributed by atoms with Gasteiger partial charge in [0.25, 0.3) is 0 Å². The number of pyridine rings is 1. The van der Waals surface area contributed by atoms with Gasteiger partial charge in [0.05, 0.1) is 8.41 Å². The first-order chi connectivity index (χ1) is 4.93. The highest BCUT2D eigenvalue weighted by Gasteiger charge is 1.88. The van der Waals surface area contributed by atoms with Gasteiger partial charge in [0.1, 0.15) is 0 Å². The predicted molar refractivity (Wildman–Crippen MR) is 49.6 cm³/mol. The summed E-state index contributed by atoms with van der Waals surface area (Å²) < 4.78 is 0. The maximum atomic E-state index is 8.51. The zero-order chi connectivity index (χ0) is 7.23. The number of aliphatic hydroxyl groups excluding tert-OH is 1. The van der Waals surface area contributed by atoms with E-state index in [1.807, 2.05) is 12.1 Å². The SMILES string of the molecule is B.OCCCc1ccncc1. The van der Waals surface area contributed by atoms with E-state index < -0.39 is 0 Å². The third-order valence-corrected chi connectivity index (χ3v) is 1.37. The Labute approximate surface area is 68.9 Å². The third-order valence-electron chi connectivity index (χ3n) is 1.37. The molecule has 1 aromatic heterocycles. The molecule has 0 aliphatic heterocycles. The summed E-state index contributed by atoms with van der Waals surface area (Å²) in [6.07, 6.45) is 5.32. The van der Waals surface area contributed by atoms with Crippen LogP contribution < -0.4 is 0 Å². The van der Waals surface area contributed by atoms with Crippen LogP contribution in [0.15, 0.2) is 24.5 Å². The van der Waals surface area contributed by atoms with Gasteiger partial charge in [0.2, 0.25) is 0 Å². The van der Waals surface area contributed by atoms with E-state index in [-0.39, 0.29) is 15.0 Å². The van der Waals surface area contributed by atoms with Crippen molar-refractivity contribution in [3.63, 3.8) is 0 Å². The average Bonchev–Trinajstić information content (AvgIpc) is 2.03. The van der Waals surface area contributed by atoms with Crippen molar-refractivity contribution in [3.8, 4) is 0 Å². The van der Waals surface area contributed by atoms with Crippen molar-refractivity contribution in [1.82, 2.24) is 4.98 Å². The van der Waals surface area contributed by atoms with Gasteiger partial charge >= 0.3 is 0 Å². The molecule has 0 bridgehead atoms. The van der Waals surface area contributed by atoms with E-state index in [2.05, 4.69) is 4.98 Å². The minimum atomic E-state index is 0. The fourth-order valence-electron chi connectivity index (χ4n) is 0.833. The molecular formula is C8H14BNO. The number of rotatable bonds is 3. The van der Waals surface area contributed by atoms with E-state index in [1.54, 1.807) is 12.4 Å². The molecule has 2 nitrogen and oxygen atoms in total. The van der Waals surface area contributed by atoms with Gasteiger partial charge in [-0.1, -0.05) is 0 Å². The van der Waals surface area contributed by atoms with E-state index in [0.29, 0.717) is 0 Å². The summed E-state index contributed by atoms with van der Waals surface area (Å²) in [7, 11) is 0. The van der Waals surface area contributed by atoms with E-state index in [9.17, 15) is 0 Å². The van der Waals surface area contributed by atoms with Gasteiger partial charge in [-0.05, 0) is 30.5 Å². The summed E-state index contributed by atoms with van der Waals surface area (Å²) in [6.45, 7) is 0.266. The van der Waals surface area contributed by atoms with Crippen LogP contribution in [0, 0.1) is 0 Å². The Morgan fingerprint density at radius 2 is 1.91 bits per heavy atom. The summed E-state index contributed by atoms with van der Waals surface area (Å²) in [5.74, 6) is 0. The molecule has 0 aliphatic carbocycles. The van der Waals surface area contributed by atoms with Crippen molar-refractivity contribution < 1.29 is 5.11 Å². The lowest BCUT2D eigenvalue weighted by Gasteiger charge is -1.95. The number of hydrogen-bond acceptors (Lipinski definition) is 2. The van der Waals surface area contributed by atoms with Crippen molar-refractivity contribution >= 4 is 8.41 Å². The summed E-state index contributed by atoms with van der Waals surface area (Å²) in [5.41, 5.74) is 1.24. The molecule has 0 amide bonds. The molecule has 0 spiro atoms. The maximum absolute atomic E-state index is 8.51. The van der Waals surface area contributed by atoms with Gasteiger partial charge < -0.3 is 5.11 Å². The highest BCUT2D eigenvalue weighted by Crippen LogP contribution is 1.99. The zero-order valence-electron chi connectivity index (χ0n) is 5.83. The highest BCUT2D eigenvalue weighted by molar-refractivity contribution is 5.75. The van der Waals surface area contributed by atoms with Gasteiger partial charge in [-0.25, -0.2) is 0 Å². The lowest BCUT2D eigenvalue weighted by molar-refractivity contribution is 0.288. The third kappa shape index (κ3) is 3.78. The van der Waals surface area contributed by atoms with Crippen molar-refractivity contribution in [2.24, 2.45) is 0 Å². The molecule has 0 saturated carbocycles. The largest absolute Gasteiger partial charge is 0.396 e. The summed E-state index contributed by atoms with van der Waals surface area (Å²) in [5, 5.41) is 8.51. The Morgan fingerprint density at radius 3 is 2.45 bits per heavy atom. The van der Waals surface area contributed by atoms with Crippen LogP contribution in [0.3, 0.4) is 0 Å². The maximum Gasteiger partial charge on any atom is 0.0814 e. The fraction of sp³-hybridized carbons (Fsp3) is 0.375. The minimum Gasteiger partial charge on any atom is -0.396 e. The quantitative estimate of drug-likeness (QED) is 0.608. The second-order valence-electron chi connectivity index (χ2n) is 2.18. The molecule has 0 unspecified atom stereocenters. The first-order valence-electron chi connectivity index (χ1n) is 3.43. The molecule has 3 heteroatoms. The summed E-state index contributed by atoms with van der Waals surface area (Å²) in [6, 6.07) is 3.94. The first kappa shape index (κ1) is 10.2. The molecule has 0 saturated heterocycles. The molecule has 1 rings (SSSR count). The Balaban J connectivity index is 0.000001000. The second kappa shape index (κ2) is 5.92. The first-order valence-corrected chi connectivity index (χ1v) is 3.43. The number of aromatic nitrogens is 1. The van der Waals surface area contributed by atoms with Gasteiger partial charge in [0.15, 0.2) is 0 Å². The molecule has 60 valence electrons. The summed E-state index contributed by atoms with van der Waals surface area (Å²) >= 11 is 0. The number of hydrogen-bond donors (Lipinski definition) is 1. The van der Waals surface area contributed by atoms with Crippen LogP contribution in [0.5, 0.6) is 0 Å². The number of aryl methyl sites for hydroxylation is 1. The summed E-state index contributed by atoms with van der Waals surface area (Å²) in [4.78, 5) is 3.89. The minimum absolute atomic E-state index is 0. The Kier molecular flexibility index (Phi) is 5.48. The van der Waals surface area contributed by atoms with E-state index in [1.165, 1.54) is 5.56 Å². The molecule has 0 fully saturated rings. The van der Waals surface area contributed by atoms with Crippen molar-refractivity contribution in [3.05, 3.63) is 30.1 Å². The molecule has 1 heterocycles. The topological polar surface area (TPSA) is 33.1 Å². The number of nitrogens with zero attached hydrogens (tertiary/aromatic N) is 1. The highest BCUT2D eigenvalue weighted by atomic mass is 16.2. The van der Waals surface area contributed by atoms with E-state index in [0.717, 1.165) is 12.8 Å². The van der Waals surface area contributed by atoms with Crippen LogP contribution in [-0.4, -0.2) is 25.1 Å². The van der Waals surface area contributed by atoms with Crippen molar-refractivity contribution in [2.75, 3.05) is 6.61 Å². The smallest absolute Gasteiger partial charge is 0.0814 e. The van der Waals surface area contributed by atoms with E-state index >= 15 is 0 Å². The second-order valence-corrected chi connectivity index (χ2v) is 2.18. The van der Waals surface area contributed by atoms with Gasteiger partial charge in [-0.2, -0.15) is 0 Å². The Morgan fingerprint density at radius 1 is 1.27 bits per heavy atom. The molecule has 1 N–H and O–H groups in total. The van der Waals surface area contributed by atoms with Crippen LogP contribution in [-0.2, 0) is 6.42 Å². The molecular weight excluding hydrogens is 137 g/mol. The predicted octanol–water partition coefficient (Wildman–Crippen LogP) is -0.177. The van der Waals surface area contributed by atoms with Crippen molar-refractivity contribution in [2.45, 2.75) is 12.8 Å². The van der Waals surface area contributed by atoms with Gasteiger partial charge in [-0.3, -0.25) is 4.98 Å². The average molecular weight is 151 g/mol. The van der Waals surface area contributed by atoms with E-state index in [4.69, 9.17) is 5.11 Å². The fourth-order valence-corrected chi connectivity index (χ4v) is 0.833. The molecule has 0 aliphatic rings. The molecule has 1 aromatic rings. The molecule has 0 aromatic carbocycles. The standard InChI is InChI=1S/C8H11NO.BH3/c10-7-1-2-8-3-5-9-6-4-8;/h3-6,10H,1-2,7H2;1H3. The van der Waals surface area contributed by atoms with Gasteiger partial charge in [-0.15, -0.1) is 0 Å². The van der Waals surface area contributed by atoms with Gasteiger partial charge in [0, 0.05) is 19.0 Å². The van der Waals surface area contributed by atoms with Crippen LogP contribution >= 0.6 is 0 Å². The zero-order valence-corrected chi connectivity index (χ0v) is 5.83. The normalized spacial score (nSPS) is 8.82. The lowest BCUT2D eigenvalue weighted by atomic mass is 10.1. The molecule has 0 atom stereocenters. The van der Waals surface area contributed by atoms with Crippen molar-refractivity contribution in [1.29, 1.82) is 0 Å². The van der Waals surface area contributed by atoms with Crippen LogP contribution in [0.25, 0.3) is 0 Å². The Bertz CT molecular complexity index is 179. The van der Waals surface area contributed by atoms with Crippen LogP contribution in [0.1, 0.15) is 12.0 Å². The van der Waals surface area contributed by atoms with Crippen LogP contribution in [0.2, 0.25) is 0 Å². The number of aliphatic hydroxyl groups is 1. The lowest BCUT2D eigenvalue weighted by Crippen LogP contribution is -1.88. The Hall–Kier alpha value is -0.825. The van der Waals surface area contributed by atoms with Crippen LogP contribution in [0.4, 0.5) is 0 Å². The monoisotopic (exact) mass is 151 g/mol.